The lowest BCUT2D eigenvalue weighted by molar-refractivity contribution is 0.0621. The number of nitrogens with one attached hydrogen (secondary N) is 1. The Kier molecular flexibility index (Phi) is 5.50. The lowest BCUT2D eigenvalue weighted by Crippen LogP contribution is -2.41. The first kappa shape index (κ1) is 15.7. The zero-order valence-corrected chi connectivity index (χ0v) is 12.3. The van der Waals surface area contributed by atoms with Crippen molar-refractivity contribution in [2.45, 2.75) is 26.2 Å². The van der Waals surface area contributed by atoms with Gasteiger partial charge in [0.05, 0.1) is 11.8 Å². The Bertz CT molecular complexity index is 496. The van der Waals surface area contributed by atoms with E-state index in [4.69, 9.17) is 0 Å². The minimum absolute atomic E-state index is 0.0755. The van der Waals surface area contributed by atoms with Gasteiger partial charge in [-0.25, -0.2) is 9.37 Å². The van der Waals surface area contributed by atoms with E-state index in [0.29, 0.717) is 25.5 Å². The van der Waals surface area contributed by atoms with Gasteiger partial charge in [-0.1, -0.05) is 6.92 Å². The van der Waals surface area contributed by atoms with Gasteiger partial charge in [-0.15, -0.1) is 0 Å². The van der Waals surface area contributed by atoms with Crippen LogP contribution in [0.2, 0.25) is 0 Å². The maximum Gasteiger partial charge on any atom is 0.257 e. The summed E-state index contributed by atoms with van der Waals surface area (Å²) in [5.74, 6) is -0.208. The van der Waals surface area contributed by atoms with Gasteiger partial charge in [-0.3, -0.25) is 4.79 Å². The van der Waals surface area contributed by atoms with Gasteiger partial charge in [0.15, 0.2) is 0 Å². The van der Waals surface area contributed by atoms with Crippen molar-refractivity contribution in [3.05, 3.63) is 23.6 Å². The predicted molar refractivity (Wildman–Crippen MR) is 78.7 cm³/mol. The molecular weight excluding hydrogens is 273 g/mol. The molecule has 1 saturated heterocycles. The Morgan fingerprint density at radius 3 is 3.14 bits per heavy atom. The van der Waals surface area contributed by atoms with Crippen molar-refractivity contribution < 1.29 is 14.3 Å². The molecule has 116 valence electrons. The Morgan fingerprint density at radius 2 is 2.43 bits per heavy atom. The molecule has 6 heteroatoms. The van der Waals surface area contributed by atoms with Crippen LogP contribution in [0, 0.1) is 11.7 Å². The Balaban J connectivity index is 2.18. The number of amides is 1. The Hall–Kier alpha value is -1.69. The van der Waals surface area contributed by atoms with Crippen LogP contribution in [-0.4, -0.2) is 47.1 Å². The fraction of sp³-hybridized carbons (Fsp3) is 0.600. The van der Waals surface area contributed by atoms with Crippen molar-refractivity contribution >= 4 is 11.7 Å². The van der Waals surface area contributed by atoms with Gasteiger partial charge in [0.2, 0.25) is 0 Å². The molecule has 1 aliphatic heterocycles. The molecule has 1 aromatic heterocycles. The predicted octanol–water partition coefficient (Wildman–Crippen LogP) is 1.89. The van der Waals surface area contributed by atoms with Crippen LogP contribution in [0.1, 0.15) is 36.5 Å². The number of anilines is 1. The maximum atomic E-state index is 13.4. The number of aliphatic hydroxyl groups excluding tert-OH is 1. The summed E-state index contributed by atoms with van der Waals surface area (Å²) in [6, 6.07) is 1.23. The van der Waals surface area contributed by atoms with Crippen LogP contribution in [0.4, 0.5) is 10.2 Å². The first-order valence-corrected chi connectivity index (χ1v) is 7.45. The molecule has 2 heterocycles. The van der Waals surface area contributed by atoms with Crippen molar-refractivity contribution in [3.63, 3.8) is 0 Å². The van der Waals surface area contributed by atoms with E-state index < -0.39 is 5.82 Å². The van der Waals surface area contributed by atoms with Gasteiger partial charge in [0.25, 0.3) is 5.91 Å². The van der Waals surface area contributed by atoms with E-state index in [0.717, 1.165) is 25.5 Å². The zero-order valence-electron chi connectivity index (χ0n) is 12.3. The van der Waals surface area contributed by atoms with Gasteiger partial charge in [0, 0.05) is 26.2 Å². The molecule has 1 aromatic rings. The van der Waals surface area contributed by atoms with E-state index in [1.165, 1.54) is 6.07 Å². The molecule has 5 nitrogen and oxygen atoms in total. The number of rotatable bonds is 5. The summed E-state index contributed by atoms with van der Waals surface area (Å²) in [5.41, 5.74) is 0.266. The SMILES string of the molecule is CCCNc1ncc(F)cc1C(=O)N1CCCC(CO)C1. The topological polar surface area (TPSA) is 65.5 Å². The van der Waals surface area contributed by atoms with Crippen LogP contribution < -0.4 is 5.32 Å². The van der Waals surface area contributed by atoms with Gasteiger partial charge < -0.3 is 15.3 Å². The number of piperidine rings is 1. The van der Waals surface area contributed by atoms with Crippen LogP contribution >= 0.6 is 0 Å². The van der Waals surface area contributed by atoms with E-state index in [-0.39, 0.29) is 24.0 Å². The number of nitrogens with zero attached hydrogens (tertiary/aromatic N) is 2. The van der Waals surface area contributed by atoms with Crippen LogP contribution in [0.25, 0.3) is 0 Å². The number of halogens is 1. The van der Waals surface area contributed by atoms with E-state index in [1.54, 1.807) is 4.90 Å². The van der Waals surface area contributed by atoms with Gasteiger partial charge in [0.1, 0.15) is 11.6 Å². The minimum atomic E-state index is -0.517. The zero-order chi connectivity index (χ0) is 15.2. The number of aromatic nitrogens is 1. The van der Waals surface area contributed by atoms with Crippen LogP contribution in [0.15, 0.2) is 12.3 Å². The average molecular weight is 295 g/mol. The number of hydrogen-bond acceptors (Lipinski definition) is 4. The second-order valence-electron chi connectivity index (χ2n) is 5.42. The van der Waals surface area contributed by atoms with E-state index in [2.05, 4.69) is 10.3 Å². The molecule has 0 saturated carbocycles. The summed E-state index contributed by atoms with van der Waals surface area (Å²) in [4.78, 5) is 18.3. The largest absolute Gasteiger partial charge is 0.396 e. The Labute approximate surface area is 124 Å². The monoisotopic (exact) mass is 295 g/mol. The summed E-state index contributed by atoms with van der Waals surface area (Å²) in [6.45, 7) is 3.91. The average Bonchev–Trinajstić information content (AvgIpc) is 2.53. The number of likely N-dealkylation sites (tertiary alicyclic amines) is 1. The van der Waals surface area contributed by atoms with Crippen molar-refractivity contribution in [3.8, 4) is 0 Å². The van der Waals surface area contributed by atoms with Crippen molar-refractivity contribution in [1.29, 1.82) is 0 Å². The highest BCUT2D eigenvalue weighted by atomic mass is 19.1. The molecule has 1 unspecified atom stereocenters. The van der Waals surface area contributed by atoms with Crippen molar-refractivity contribution in [2.24, 2.45) is 5.92 Å². The quantitative estimate of drug-likeness (QED) is 0.870. The lowest BCUT2D eigenvalue weighted by Gasteiger charge is -2.32. The molecule has 1 amide bonds. The van der Waals surface area contributed by atoms with Crippen molar-refractivity contribution in [1.82, 2.24) is 9.88 Å². The molecule has 1 aliphatic rings. The molecule has 1 atom stereocenters. The highest BCUT2D eigenvalue weighted by Crippen LogP contribution is 2.21. The summed E-state index contributed by atoms with van der Waals surface area (Å²) in [6.07, 6.45) is 3.78. The number of carbonyl (C=O) groups is 1. The molecule has 21 heavy (non-hydrogen) atoms. The minimum Gasteiger partial charge on any atom is -0.396 e. The molecule has 0 spiro atoms. The third-order valence-electron chi connectivity index (χ3n) is 3.69. The third-order valence-corrected chi connectivity index (χ3v) is 3.69. The summed E-state index contributed by atoms with van der Waals surface area (Å²) >= 11 is 0. The number of pyridine rings is 1. The number of hydrogen-bond donors (Lipinski definition) is 2. The van der Waals surface area contributed by atoms with E-state index >= 15 is 0 Å². The van der Waals surface area contributed by atoms with Crippen LogP contribution in [0.5, 0.6) is 0 Å². The molecule has 2 rings (SSSR count). The highest BCUT2D eigenvalue weighted by molar-refractivity contribution is 5.98. The second kappa shape index (κ2) is 7.36. The van der Waals surface area contributed by atoms with Crippen molar-refractivity contribution in [2.75, 3.05) is 31.6 Å². The summed E-state index contributed by atoms with van der Waals surface area (Å²) < 4.78 is 13.4. The molecule has 1 fully saturated rings. The Morgan fingerprint density at radius 1 is 1.62 bits per heavy atom. The first-order chi connectivity index (χ1) is 10.2. The fourth-order valence-corrected chi connectivity index (χ4v) is 2.56. The molecule has 0 bridgehead atoms. The standard InChI is InChI=1S/C15H22FN3O2/c1-2-5-17-14-13(7-12(16)8-18-14)15(21)19-6-3-4-11(9-19)10-20/h7-8,11,20H,2-6,9-10H2,1H3,(H,17,18). The number of aliphatic hydroxyl groups is 1. The molecule has 2 N–H and O–H groups in total. The van der Waals surface area contributed by atoms with Gasteiger partial charge in [-0.05, 0) is 31.2 Å². The molecule has 0 aliphatic carbocycles. The number of carbonyl (C=O) groups excluding carboxylic acids is 1. The summed E-state index contributed by atoms with van der Waals surface area (Å²) in [5, 5.41) is 12.3. The molecule has 0 aromatic carbocycles. The normalized spacial score (nSPS) is 18.6. The smallest absolute Gasteiger partial charge is 0.257 e. The lowest BCUT2D eigenvalue weighted by atomic mass is 9.98. The summed E-state index contributed by atoms with van der Waals surface area (Å²) in [7, 11) is 0. The molecule has 0 radical (unpaired) electrons. The van der Waals surface area contributed by atoms with E-state index in [1.807, 2.05) is 6.92 Å². The fourth-order valence-electron chi connectivity index (χ4n) is 2.56. The first-order valence-electron chi connectivity index (χ1n) is 7.45. The van der Waals surface area contributed by atoms with Crippen LogP contribution in [0.3, 0.4) is 0 Å². The highest BCUT2D eigenvalue weighted by Gasteiger charge is 2.26. The van der Waals surface area contributed by atoms with E-state index in [9.17, 15) is 14.3 Å². The maximum absolute atomic E-state index is 13.4. The third kappa shape index (κ3) is 3.91. The van der Waals surface area contributed by atoms with Gasteiger partial charge in [-0.2, -0.15) is 0 Å². The molecular formula is C15H22FN3O2. The van der Waals surface area contributed by atoms with Crippen LogP contribution in [-0.2, 0) is 0 Å². The van der Waals surface area contributed by atoms with Gasteiger partial charge >= 0.3 is 0 Å². The second-order valence-corrected chi connectivity index (χ2v) is 5.42.